The van der Waals surface area contributed by atoms with E-state index in [2.05, 4.69) is 0 Å². The standard InChI is InChI=1S/C12H12F3NO2/c1-12(14,15)11(18-3)7-4-5-9(13)8(6-16)10(7)17-2/h4-5,11H,1-3H3. The van der Waals surface area contributed by atoms with Crippen LogP contribution < -0.4 is 4.74 Å². The van der Waals surface area contributed by atoms with Gasteiger partial charge in [-0.1, -0.05) is 0 Å². The number of alkyl halides is 2. The molecule has 0 spiro atoms. The minimum absolute atomic E-state index is 0.0644. The summed E-state index contributed by atoms with van der Waals surface area (Å²) in [4.78, 5) is 0. The Balaban J connectivity index is 3.46. The molecule has 0 saturated carbocycles. The van der Waals surface area contributed by atoms with E-state index in [9.17, 15) is 13.2 Å². The van der Waals surface area contributed by atoms with Crippen LogP contribution in [0.15, 0.2) is 12.1 Å². The van der Waals surface area contributed by atoms with E-state index < -0.39 is 23.4 Å². The highest BCUT2D eigenvalue weighted by molar-refractivity contribution is 5.50. The summed E-state index contributed by atoms with van der Waals surface area (Å²) in [5.74, 6) is -4.25. The summed E-state index contributed by atoms with van der Waals surface area (Å²) in [7, 11) is 2.29. The molecule has 0 bridgehead atoms. The SMILES string of the molecule is COc1c(C(OC)C(C)(F)F)ccc(F)c1C#N. The van der Waals surface area contributed by atoms with E-state index in [0.29, 0.717) is 6.92 Å². The Hall–Kier alpha value is -1.74. The predicted octanol–water partition coefficient (Wildman–Crippen LogP) is 3.05. The van der Waals surface area contributed by atoms with Gasteiger partial charge in [0.25, 0.3) is 5.92 Å². The Morgan fingerprint density at radius 3 is 2.33 bits per heavy atom. The molecule has 0 amide bonds. The molecule has 0 aliphatic rings. The summed E-state index contributed by atoms with van der Waals surface area (Å²) < 4.78 is 49.7. The van der Waals surface area contributed by atoms with Crippen LogP contribution in [0.1, 0.15) is 24.2 Å². The normalized spacial score (nSPS) is 12.9. The Morgan fingerprint density at radius 1 is 1.33 bits per heavy atom. The van der Waals surface area contributed by atoms with Gasteiger partial charge >= 0.3 is 0 Å². The number of hydrogen-bond donors (Lipinski definition) is 0. The number of halogens is 3. The second-order valence-corrected chi connectivity index (χ2v) is 3.73. The van der Waals surface area contributed by atoms with E-state index in [1.807, 2.05) is 0 Å². The maximum atomic E-state index is 13.4. The van der Waals surface area contributed by atoms with Crippen LogP contribution in [0, 0.1) is 17.1 Å². The molecule has 0 aliphatic heterocycles. The lowest BCUT2D eigenvalue weighted by Crippen LogP contribution is -2.24. The van der Waals surface area contributed by atoms with Crippen molar-refractivity contribution in [1.29, 1.82) is 5.26 Å². The highest BCUT2D eigenvalue weighted by Crippen LogP contribution is 2.40. The number of rotatable bonds is 4. The summed E-state index contributed by atoms with van der Waals surface area (Å²) in [6, 6.07) is 3.65. The molecule has 3 nitrogen and oxygen atoms in total. The van der Waals surface area contributed by atoms with Crippen molar-refractivity contribution in [3.63, 3.8) is 0 Å². The minimum atomic E-state index is -3.19. The second-order valence-electron chi connectivity index (χ2n) is 3.73. The van der Waals surface area contributed by atoms with E-state index in [0.717, 1.165) is 19.2 Å². The van der Waals surface area contributed by atoms with Gasteiger partial charge in [-0.05, 0) is 12.1 Å². The molecule has 0 saturated heterocycles. The van der Waals surface area contributed by atoms with E-state index in [4.69, 9.17) is 14.7 Å². The van der Waals surface area contributed by atoms with Gasteiger partial charge in [0.1, 0.15) is 29.3 Å². The fraction of sp³-hybridized carbons (Fsp3) is 0.417. The molecule has 0 radical (unpaired) electrons. The molecule has 1 atom stereocenters. The molecule has 1 rings (SSSR count). The quantitative estimate of drug-likeness (QED) is 0.834. The molecule has 6 heteroatoms. The third kappa shape index (κ3) is 2.57. The lowest BCUT2D eigenvalue weighted by Gasteiger charge is -2.24. The number of hydrogen-bond acceptors (Lipinski definition) is 3. The third-order valence-corrected chi connectivity index (χ3v) is 2.43. The first-order valence-electron chi connectivity index (χ1n) is 5.03. The lowest BCUT2D eigenvalue weighted by molar-refractivity contribution is -0.114. The smallest absolute Gasteiger partial charge is 0.275 e. The Labute approximate surface area is 103 Å². The zero-order valence-corrected chi connectivity index (χ0v) is 10.1. The van der Waals surface area contributed by atoms with Crippen LogP contribution in [0.5, 0.6) is 5.75 Å². The molecule has 0 fully saturated rings. The Kier molecular flexibility index (Phi) is 4.19. The van der Waals surface area contributed by atoms with Gasteiger partial charge in [-0.15, -0.1) is 0 Å². The maximum Gasteiger partial charge on any atom is 0.275 e. The molecule has 1 unspecified atom stereocenters. The van der Waals surface area contributed by atoms with Gasteiger partial charge in [-0.25, -0.2) is 13.2 Å². The summed E-state index contributed by atoms with van der Waals surface area (Å²) in [6.45, 7) is 0.677. The van der Waals surface area contributed by atoms with Crippen molar-refractivity contribution in [2.75, 3.05) is 14.2 Å². The van der Waals surface area contributed by atoms with Crippen LogP contribution in [0.3, 0.4) is 0 Å². The zero-order chi connectivity index (χ0) is 13.9. The first kappa shape index (κ1) is 14.3. The van der Waals surface area contributed by atoms with E-state index in [-0.39, 0.29) is 11.3 Å². The van der Waals surface area contributed by atoms with E-state index in [1.165, 1.54) is 7.11 Å². The van der Waals surface area contributed by atoms with Gasteiger partial charge in [0.2, 0.25) is 0 Å². The number of benzene rings is 1. The highest BCUT2D eigenvalue weighted by Gasteiger charge is 2.38. The third-order valence-electron chi connectivity index (χ3n) is 2.43. The molecule has 0 heterocycles. The second kappa shape index (κ2) is 5.27. The van der Waals surface area contributed by atoms with Crippen LogP contribution >= 0.6 is 0 Å². The van der Waals surface area contributed by atoms with Crippen LogP contribution in [-0.4, -0.2) is 20.1 Å². The van der Waals surface area contributed by atoms with Crippen LogP contribution in [0.25, 0.3) is 0 Å². The van der Waals surface area contributed by atoms with Gasteiger partial charge in [-0.2, -0.15) is 5.26 Å². The number of nitriles is 1. The summed E-state index contributed by atoms with van der Waals surface area (Å²) >= 11 is 0. The van der Waals surface area contributed by atoms with Crippen molar-refractivity contribution in [3.05, 3.63) is 29.1 Å². The van der Waals surface area contributed by atoms with Crippen molar-refractivity contribution in [3.8, 4) is 11.8 Å². The molecule has 0 N–H and O–H groups in total. The fourth-order valence-corrected chi connectivity index (χ4v) is 1.71. The fourth-order valence-electron chi connectivity index (χ4n) is 1.71. The average Bonchev–Trinajstić information content (AvgIpc) is 2.29. The molecule has 0 aliphatic carbocycles. The average molecular weight is 259 g/mol. The molecule has 1 aromatic rings. The largest absolute Gasteiger partial charge is 0.495 e. The van der Waals surface area contributed by atoms with Crippen LogP contribution in [0.2, 0.25) is 0 Å². The van der Waals surface area contributed by atoms with Gasteiger partial charge in [0.15, 0.2) is 0 Å². The summed E-state index contributed by atoms with van der Waals surface area (Å²) in [5, 5.41) is 8.81. The van der Waals surface area contributed by atoms with Gasteiger partial charge in [0, 0.05) is 19.6 Å². The Morgan fingerprint density at radius 2 is 1.94 bits per heavy atom. The first-order chi connectivity index (χ1) is 8.36. The molecule has 18 heavy (non-hydrogen) atoms. The number of methoxy groups -OCH3 is 2. The van der Waals surface area contributed by atoms with Crippen LogP contribution in [0.4, 0.5) is 13.2 Å². The predicted molar refractivity (Wildman–Crippen MR) is 58.0 cm³/mol. The lowest BCUT2D eigenvalue weighted by atomic mass is 10.00. The van der Waals surface area contributed by atoms with Crippen molar-refractivity contribution in [1.82, 2.24) is 0 Å². The molecule has 98 valence electrons. The number of ether oxygens (including phenoxy) is 2. The minimum Gasteiger partial charge on any atom is -0.495 e. The van der Waals surface area contributed by atoms with Crippen molar-refractivity contribution in [2.45, 2.75) is 19.0 Å². The topological polar surface area (TPSA) is 42.2 Å². The van der Waals surface area contributed by atoms with Crippen molar-refractivity contribution < 1.29 is 22.6 Å². The van der Waals surface area contributed by atoms with Crippen molar-refractivity contribution >= 4 is 0 Å². The molecule has 1 aromatic carbocycles. The molecule has 0 aromatic heterocycles. The summed E-state index contributed by atoms with van der Waals surface area (Å²) in [5.41, 5.74) is -0.480. The van der Waals surface area contributed by atoms with Gasteiger partial charge < -0.3 is 9.47 Å². The number of nitrogens with zero attached hydrogens (tertiary/aromatic N) is 1. The monoisotopic (exact) mass is 259 g/mol. The maximum absolute atomic E-state index is 13.4. The van der Waals surface area contributed by atoms with Gasteiger partial charge in [-0.3, -0.25) is 0 Å². The van der Waals surface area contributed by atoms with Crippen LogP contribution in [-0.2, 0) is 4.74 Å². The molecular formula is C12H12F3NO2. The summed E-state index contributed by atoms with van der Waals surface area (Å²) in [6.07, 6.45) is -1.61. The zero-order valence-electron chi connectivity index (χ0n) is 10.1. The van der Waals surface area contributed by atoms with Crippen molar-refractivity contribution in [2.24, 2.45) is 0 Å². The van der Waals surface area contributed by atoms with E-state index >= 15 is 0 Å². The Bertz CT molecular complexity index is 477. The highest BCUT2D eigenvalue weighted by atomic mass is 19.3. The van der Waals surface area contributed by atoms with Gasteiger partial charge in [0.05, 0.1) is 7.11 Å². The van der Waals surface area contributed by atoms with E-state index in [1.54, 1.807) is 6.07 Å². The first-order valence-corrected chi connectivity index (χ1v) is 5.03. The molecular weight excluding hydrogens is 247 g/mol.